The van der Waals surface area contributed by atoms with Gasteiger partial charge < -0.3 is 10.1 Å². The molecule has 0 aliphatic carbocycles. The second-order valence-electron chi connectivity index (χ2n) is 9.22. The molecule has 1 saturated heterocycles. The van der Waals surface area contributed by atoms with Crippen LogP contribution in [-0.4, -0.2) is 45.1 Å². The van der Waals surface area contributed by atoms with Crippen LogP contribution >= 0.6 is 11.3 Å². The monoisotopic (exact) mass is 464 g/mol. The molecule has 3 aromatic rings. The van der Waals surface area contributed by atoms with E-state index in [-0.39, 0.29) is 5.91 Å². The van der Waals surface area contributed by atoms with Gasteiger partial charge in [-0.05, 0) is 70.4 Å². The molecule has 1 fully saturated rings. The predicted octanol–water partition coefficient (Wildman–Crippen LogP) is 5.44. The van der Waals surface area contributed by atoms with Gasteiger partial charge in [0.25, 0.3) is 0 Å². The van der Waals surface area contributed by atoms with Crippen LogP contribution in [0.2, 0.25) is 0 Å². The van der Waals surface area contributed by atoms with E-state index >= 15 is 0 Å². The highest BCUT2D eigenvalue weighted by atomic mass is 32.1. The molecule has 8 heteroatoms. The number of ether oxygens (including phenoxy) is 1. The minimum absolute atomic E-state index is 0.246. The number of aryl methyl sites for hydroxylation is 2. The van der Waals surface area contributed by atoms with Crippen molar-refractivity contribution in [3.8, 4) is 22.4 Å². The zero-order valence-corrected chi connectivity index (χ0v) is 20.3. The molecule has 1 aromatic carbocycles. The van der Waals surface area contributed by atoms with Crippen molar-refractivity contribution in [1.82, 2.24) is 14.9 Å². The number of anilines is 1. The van der Waals surface area contributed by atoms with Crippen LogP contribution in [0.5, 0.6) is 0 Å². The summed E-state index contributed by atoms with van der Waals surface area (Å²) in [5.74, 6) is -0.246. The molecule has 1 aliphatic rings. The number of benzene rings is 1. The van der Waals surface area contributed by atoms with E-state index in [2.05, 4.69) is 39.6 Å². The number of nitrogens with zero attached hydrogens (tertiary/aromatic N) is 3. The average molecular weight is 465 g/mol. The second kappa shape index (κ2) is 8.94. The number of thiazole rings is 1. The van der Waals surface area contributed by atoms with Crippen molar-refractivity contribution in [1.29, 1.82) is 0 Å². The SMILES string of the molecule is Cc1cc(-c2cccc(-c3csc(NC(=O)[C@H]4CCN4C(=O)OC(C)(C)C)n3)c2)cc(C)n1. The van der Waals surface area contributed by atoms with Crippen molar-refractivity contribution in [3.63, 3.8) is 0 Å². The van der Waals surface area contributed by atoms with Crippen molar-refractivity contribution >= 4 is 28.5 Å². The number of hydrogen-bond acceptors (Lipinski definition) is 6. The maximum absolute atomic E-state index is 12.7. The molecule has 0 bridgehead atoms. The number of carbonyl (C=O) groups excluding carboxylic acids is 2. The molecule has 1 atom stereocenters. The third-order valence-corrected chi connectivity index (χ3v) is 6.02. The van der Waals surface area contributed by atoms with Crippen LogP contribution in [0, 0.1) is 13.8 Å². The summed E-state index contributed by atoms with van der Waals surface area (Å²) in [5.41, 5.74) is 5.31. The third-order valence-electron chi connectivity index (χ3n) is 5.26. The van der Waals surface area contributed by atoms with Crippen molar-refractivity contribution < 1.29 is 14.3 Å². The van der Waals surface area contributed by atoms with Gasteiger partial charge >= 0.3 is 6.09 Å². The number of amides is 2. The molecule has 172 valence electrons. The van der Waals surface area contributed by atoms with E-state index in [9.17, 15) is 9.59 Å². The fourth-order valence-corrected chi connectivity index (χ4v) is 4.43. The van der Waals surface area contributed by atoms with Crippen molar-refractivity contribution in [2.75, 3.05) is 11.9 Å². The quantitative estimate of drug-likeness (QED) is 0.556. The first-order chi connectivity index (χ1) is 15.6. The Kier molecular flexibility index (Phi) is 6.21. The summed E-state index contributed by atoms with van der Waals surface area (Å²) >= 11 is 1.36. The lowest BCUT2D eigenvalue weighted by Crippen LogP contribution is -2.57. The van der Waals surface area contributed by atoms with Gasteiger partial charge in [0.1, 0.15) is 11.6 Å². The molecule has 0 unspecified atom stereocenters. The standard InChI is InChI=1S/C25H28N4O3S/c1-15-11-19(12-16(2)26-15)17-7-6-8-18(13-17)20-14-33-23(27-20)28-22(30)21-9-10-29(21)24(31)32-25(3,4)5/h6-8,11-14,21H,9-10H2,1-5H3,(H,27,28,30)/t21-/m1/s1. The van der Waals surface area contributed by atoms with E-state index in [0.29, 0.717) is 18.1 Å². The minimum Gasteiger partial charge on any atom is -0.444 e. The Morgan fingerprint density at radius 3 is 2.39 bits per heavy atom. The summed E-state index contributed by atoms with van der Waals surface area (Å²) in [6.07, 6.45) is 0.142. The molecular weight excluding hydrogens is 436 g/mol. The van der Waals surface area contributed by atoms with Crippen LogP contribution in [0.25, 0.3) is 22.4 Å². The molecule has 2 amide bonds. The van der Waals surface area contributed by atoms with E-state index in [1.165, 1.54) is 16.2 Å². The highest BCUT2D eigenvalue weighted by molar-refractivity contribution is 7.14. The maximum atomic E-state index is 12.7. The van der Waals surface area contributed by atoms with Gasteiger partial charge in [-0.2, -0.15) is 0 Å². The second-order valence-corrected chi connectivity index (χ2v) is 10.1. The molecule has 0 radical (unpaired) electrons. The fraction of sp³-hybridized carbons (Fsp3) is 0.360. The molecule has 4 rings (SSSR count). The maximum Gasteiger partial charge on any atom is 0.410 e. The largest absolute Gasteiger partial charge is 0.444 e. The number of nitrogens with one attached hydrogen (secondary N) is 1. The summed E-state index contributed by atoms with van der Waals surface area (Å²) in [7, 11) is 0. The Morgan fingerprint density at radius 1 is 1.06 bits per heavy atom. The van der Waals surface area contributed by atoms with E-state index in [4.69, 9.17) is 4.74 Å². The van der Waals surface area contributed by atoms with Gasteiger partial charge in [0.15, 0.2) is 5.13 Å². The van der Waals surface area contributed by atoms with Crippen LogP contribution in [-0.2, 0) is 9.53 Å². The van der Waals surface area contributed by atoms with Gasteiger partial charge in [0, 0.05) is 28.9 Å². The highest BCUT2D eigenvalue weighted by Crippen LogP contribution is 2.30. The van der Waals surface area contributed by atoms with Crippen molar-refractivity contribution in [3.05, 3.63) is 53.2 Å². The lowest BCUT2D eigenvalue weighted by Gasteiger charge is -2.39. The van der Waals surface area contributed by atoms with Crippen LogP contribution in [0.4, 0.5) is 9.93 Å². The Hall–Kier alpha value is -3.26. The van der Waals surface area contributed by atoms with Gasteiger partial charge in [-0.3, -0.25) is 14.7 Å². The van der Waals surface area contributed by atoms with Gasteiger partial charge in [0.05, 0.1) is 5.69 Å². The molecule has 0 spiro atoms. The lowest BCUT2D eigenvalue weighted by atomic mass is 10.0. The summed E-state index contributed by atoms with van der Waals surface area (Å²) in [5, 5.41) is 5.28. The lowest BCUT2D eigenvalue weighted by molar-refractivity contribution is -0.125. The van der Waals surface area contributed by atoms with E-state index in [0.717, 1.165) is 33.8 Å². The van der Waals surface area contributed by atoms with Crippen molar-refractivity contribution in [2.45, 2.75) is 52.7 Å². The summed E-state index contributed by atoms with van der Waals surface area (Å²) in [6, 6.07) is 11.7. The third kappa shape index (κ3) is 5.39. The van der Waals surface area contributed by atoms with Crippen molar-refractivity contribution in [2.24, 2.45) is 0 Å². The van der Waals surface area contributed by atoms with Crippen LogP contribution in [0.15, 0.2) is 41.8 Å². The number of likely N-dealkylation sites (tertiary alicyclic amines) is 1. The van der Waals surface area contributed by atoms with Gasteiger partial charge in [-0.25, -0.2) is 9.78 Å². The van der Waals surface area contributed by atoms with Crippen LogP contribution < -0.4 is 5.32 Å². The van der Waals surface area contributed by atoms with Gasteiger partial charge in [-0.15, -0.1) is 11.3 Å². The molecule has 7 nitrogen and oxygen atoms in total. The molecule has 2 aromatic heterocycles. The Balaban J connectivity index is 1.45. The first-order valence-electron chi connectivity index (χ1n) is 10.9. The summed E-state index contributed by atoms with van der Waals surface area (Å²) < 4.78 is 5.39. The Morgan fingerprint density at radius 2 is 1.76 bits per heavy atom. The molecule has 3 heterocycles. The molecular formula is C25H28N4O3S. The van der Waals surface area contributed by atoms with Crippen LogP contribution in [0.1, 0.15) is 38.6 Å². The summed E-state index contributed by atoms with van der Waals surface area (Å²) in [4.78, 5) is 35.5. The first-order valence-corrected chi connectivity index (χ1v) is 11.8. The number of hydrogen-bond donors (Lipinski definition) is 1. The number of aromatic nitrogens is 2. The zero-order chi connectivity index (χ0) is 23.8. The van der Waals surface area contributed by atoms with Gasteiger partial charge in [0.2, 0.25) is 5.91 Å². The molecule has 33 heavy (non-hydrogen) atoms. The van der Waals surface area contributed by atoms with E-state index in [1.54, 1.807) is 0 Å². The van der Waals surface area contributed by atoms with Crippen LogP contribution in [0.3, 0.4) is 0 Å². The Labute approximate surface area is 197 Å². The fourth-order valence-electron chi connectivity index (χ4n) is 3.71. The number of rotatable bonds is 4. The zero-order valence-electron chi connectivity index (χ0n) is 19.5. The highest BCUT2D eigenvalue weighted by Gasteiger charge is 2.40. The number of pyridine rings is 1. The normalized spacial score (nSPS) is 15.7. The van der Waals surface area contributed by atoms with E-state index < -0.39 is 17.7 Å². The topological polar surface area (TPSA) is 84.4 Å². The average Bonchev–Trinajstić information content (AvgIpc) is 3.13. The Bertz CT molecular complexity index is 1180. The molecule has 0 saturated carbocycles. The van der Waals surface area contributed by atoms with Gasteiger partial charge in [-0.1, -0.05) is 18.2 Å². The summed E-state index contributed by atoms with van der Waals surface area (Å²) in [6.45, 7) is 9.91. The van der Waals surface area contributed by atoms with E-state index in [1.807, 2.05) is 52.1 Å². The smallest absolute Gasteiger partial charge is 0.410 e. The first kappa shape index (κ1) is 22.9. The molecule has 1 aliphatic heterocycles. The number of carbonyl (C=O) groups is 2. The minimum atomic E-state index is -0.597. The predicted molar refractivity (Wildman–Crippen MR) is 130 cm³/mol. The molecule has 1 N–H and O–H groups in total.